The van der Waals surface area contributed by atoms with Gasteiger partial charge in [0.05, 0.1) is 33.6 Å². The molecule has 0 aliphatic heterocycles. The average molecular weight is 655 g/mol. The van der Waals surface area contributed by atoms with Gasteiger partial charge < -0.3 is 9.13 Å². The lowest BCUT2D eigenvalue weighted by Crippen LogP contribution is -2.06. The molecule has 6 aromatic carbocycles. The topological polar surface area (TPSA) is 35.6 Å². The molecule has 3 heterocycles. The molecule has 242 valence electrons. The molecule has 1 aliphatic rings. The molecule has 3 aromatic heterocycles. The van der Waals surface area contributed by atoms with E-state index in [4.69, 9.17) is 9.97 Å². The van der Waals surface area contributed by atoms with Crippen LogP contribution in [0.15, 0.2) is 164 Å². The molecule has 4 nitrogen and oxygen atoms in total. The van der Waals surface area contributed by atoms with Gasteiger partial charge in [-0.2, -0.15) is 0 Å². The van der Waals surface area contributed by atoms with Gasteiger partial charge in [0, 0.05) is 44.2 Å². The van der Waals surface area contributed by atoms with Crippen LogP contribution in [0, 0.1) is 0 Å². The van der Waals surface area contributed by atoms with Gasteiger partial charge in [0.1, 0.15) is 0 Å². The molecule has 1 atom stereocenters. The van der Waals surface area contributed by atoms with E-state index >= 15 is 0 Å². The summed E-state index contributed by atoms with van der Waals surface area (Å²) in [5.74, 6) is 1.12. The SMILES string of the molecule is CC1CC=Cc2c1c1ccccc1n2-c1ccc(-n2c3ccccc3c3ccccc32)c(-c2nc(-c3ccccc3)cc(-c3ccccc3)n2)c1. The molecule has 0 saturated heterocycles. The molecule has 1 unspecified atom stereocenters. The summed E-state index contributed by atoms with van der Waals surface area (Å²) in [6, 6.07) is 56.0. The summed E-state index contributed by atoms with van der Waals surface area (Å²) in [7, 11) is 0. The number of nitrogens with zero attached hydrogens (tertiary/aromatic N) is 4. The van der Waals surface area contributed by atoms with Crippen LogP contribution in [-0.4, -0.2) is 19.1 Å². The fourth-order valence-electron chi connectivity index (χ4n) is 8.05. The van der Waals surface area contributed by atoms with Gasteiger partial charge in [0.15, 0.2) is 5.82 Å². The van der Waals surface area contributed by atoms with Gasteiger partial charge in [-0.15, -0.1) is 0 Å². The zero-order valence-electron chi connectivity index (χ0n) is 28.2. The second-order valence-electron chi connectivity index (χ2n) is 13.5. The molecule has 9 aromatic rings. The highest BCUT2D eigenvalue weighted by Gasteiger charge is 2.25. The zero-order valence-corrected chi connectivity index (χ0v) is 28.2. The first-order valence-corrected chi connectivity index (χ1v) is 17.7. The Labute approximate surface area is 296 Å². The van der Waals surface area contributed by atoms with Crippen LogP contribution in [-0.2, 0) is 0 Å². The molecule has 0 fully saturated rings. The first-order chi connectivity index (χ1) is 25.2. The first kappa shape index (κ1) is 29.4. The van der Waals surface area contributed by atoms with E-state index in [0.29, 0.717) is 11.7 Å². The third-order valence-corrected chi connectivity index (χ3v) is 10.4. The van der Waals surface area contributed by atoms with Crippen molar-refractivity contribution in [2.24, 2.45) is 0 Å². The van der Waals surface area contributed by atoms with Crippen molar-refractivity contribution in [1.82, 2.24) is 19.1 Å². The highest BCUT2D eigenvalue weighted by atomic mass is 15.0. The van der Waals surface area contributed by atoms with E-state index in [2.05, 4.69) is 174 Å². The van der Waals surface area contributed by atoms with Crippen molar-refractivity contribution in [3.05, 3.63) is 175 Å². The standard InChI is InChI=1S/C47H34N4/c1-31-15-14-26-45-46(31)37-22-10-13-25-43(37)50(45)34-27-28-44(51-41-23-11-8-20-35(41)36-21-9-12-24-42(36)51)38(29-34)47-48-39(32-16-4-2-5-17-32)30-40(49-47)33-18-6-3-7-19-33/h2-14,16-31H,15H2,1H3. The predicted octanol–water partition coefficient (Wildman–Crippen LogP) is 12.0. The highest BCUT2D eigenvalue weighted by molar-refractivity contribution is 6.09. The van der Waals surface area contributed by atoms with E-state index < -0.39 is 0 Å². The van der Waals surface area contributed by atoms with Crippen LogP contribution in [0.3, 0.4) is 0 Å². The van der Waals surface area contributed by atoms with Crippen molar-refractivity contribution >= 4 is 38.8 Å². The van der Waals surface area contributed by atoms with Crippen LogP contribution in [0.4, 0.5) is 0 Å². The highest BCUT2D eigenvalue weighted by Crippen LogP contribution is 2.42. The molecule has 0 radical (unpaired) electrons. The van der Waals surface area contributed by atoms with Gasteiger partial charge in [-0.1, -0.05) is 128 Å². The summed E-state index contributed by atoms with van der Waals surface area (Å²) in [6.07, 6.45) is 5.66. The second-order valence-corrected chi connectivity index (χ2v) is 13.5. The normalized spacial score (nSPS) is 14.0. The summed E-state index contributed by atoms with van der Waals surface area (Å²) in [5.41, 5.74) is 13.1. The Morgan fingerprint density at radius 1 is 0.529 bits per heavy atom. The van der Waals surface area contributed by atoms with Crippen molar-refractivity contribution in [3.8, 4) is 45.3 Å². The van der Waals surface area contributed by atoms with E-state index in [0.717, 1.165) is 56.9 Å². The fraction of sp³-hybridized carbons (Fsp3) is 0.0638. The predicted molar refractivity (Wildman–Crippen MR) is 212 cm³/mol. The molecule has 4 heteroatoms. The Kier molecular flexibility index (Phi) is 6.81. The molecule has 10 rings (SSSR count). The number of hydrogen-bond acceptors (Lipinski definition) is 2. The van der Waals surface area contributed by atoms with Gasteiger partial charge in [0.25, 0.3) is 0 Å². The van der Waals surface area contributed by atoms with Crippen molar-refractivity contribution in [2.45, 2.75) is 19.3 Å². The quantitative estimate of drug-likeness (QED) is 0.185. The van der Waals surface area contributed by atoms with Gasteiger partial charge in [0.2, 0.25) is 0 Å². The second kappa shape index (κ2) is 11.8. The fourth-order valence-corrected chi connectivity index (χ4v) is 8.05. The average Bonchev–Trinajstić information content (AvgIpc) is 3.72. The number of fused-ring (bicyclic) bond motifs is 6. The zero-order chi connectivity index (χ0) is 33.9. The Morgan fingerprint density at radius 3 is 1.67 bits per heavy atom. The summed E-state index contributed by atoms with van der Waals surface area (Å²) in [6.45, 7) is 2.34. The minimum Gasteiger partial charge on any atom is -0.310 e. The number of hydrogen-bond donors (Lipinski definition) is 0. The van der Waals surface area contributed by atoms with E-state index in [1.54, 1.807) is 0 Å². The number of aromatic nitrogens is 4. The minimum atomic E-state index is 0.437. The molecular formula is C47H34N4. The van der Waals surface area contributed by atoms with Gasteiger partial charge in [-0.25, -0.2) is 9.97 Å². The molecule has 0 spiro atoms. The van der Waals surface area contributed by atoms with Gasteiger partial charge >= 0.3 is 0 Å². The molecule has 0 N–H and O–H groups in total. The lowest BCUT2D eigenvalue weighted by molar-refractivity contribution is 0.773. The molecule has 51 heavy (non-hydrogen) atoms. The Morgan fingerprint density at radius 2 is 1.06 bits per heavy atom. The van der Waals surface area contributed by atoms with E-state index in [9.17, 15) is 0 Å². The lowest BCUT2D eigenvalue weighted by Gasteiger charge is -2.19. The third-order valence-electron chi connectivity index (χ3n) is 10.4. The number of benzene rings is 6. The summed E-state index contributed by atoms with van der Waals surface area (Å²) in [5, 5.41) is 3.75. The summed E-state index contributed by atoms with van der Waals surface area (Å²) < 4.78 is 4.81. The largest absolute Gasteiger partial charge is 0.310 e. The Bertz CT molecular complexity index is 2680. The Hall–Kier alpha value is -6.52. The van der Waals surface area contributed by atoms with Crippen molar-refractivity contribution in [3.63, 3.8) is 0 Å². The summed E-state index contributed by atoms with van der Waals surface area (Å²) in [4.78, 5) is 10.7. The van der Waals surface area contributed by atoms with Gasteiger partial charge in [-0.3, -0.25) is 0 Å². The van der Waals surface area contributed by atoms with Crippen molar-refractivity contribution in [1.29, 1.82) is 0 Å². The first-order valence-electron chi connectivity index (χ1n) is 17.7. The Balaban J connectivity index is 1.31. The van der Waals surface area contributed by atoms with Crippen molar-refractivity contribution in [2.75, 3.05) is 0 Å². The maximum absolute atomic E-state index is 5.37. The minimum absolute atomic E-state index is 0.437. The van der Waals surface area contributed by atoms with Crippen LogP contribution in [0.5, 0.6) is 0 Å². The monoisotopic (exact) mass is 654 g/mol. The smallest absolute Gasteiger partial charge is 0.162 e. The van der Waals surface area contributed by atoms with Crippen LogP contribution in [0.25, 0.3) is 84.1 Å². The number of para-hydroxylation sites is 3. The van der Waals surface area contributed by atoms with E-state index in [1.165, 1.54) is 32.9 Å². The molecular weight excluding hydrogens is 621 g/mol. The number of allylic oxidation sites excluding steroid dienone is 1. The maximum Gasteiger partial charge on any atom is 0.162 e. The lowest BCUT2D eigenvalue weighted by atomic mass is 9.91. The van der Waals surface area contributed by atoms with Crippen LogP contribution in [0.1, 0.15) is 30.5 Å². The molecule has 0 amide bonds. The molecule has 0 bridgehead atoms. The maximum atomic E-state index is 5.37. The summed E-state index contributed by atoms with van der Waals surface area (Å²) >= 11 is 0. The molecule has 0 saturated carbocycles. The van der Waals surface area contributed by atoms with Crippen LogP contribution in [0.2, 0.25) is 0 Å². The third kappa shape index (κ3) is 4.75. The van der Waals surface area contributed by atoms with Crippen LogP contribution < -0.4 is 0 Å². The van der Waals surface area contributed by atoms with Gasteiger partial charge in [-0.05, 0) is 66.4 Å². The van der Waals surface area contributed by atoms with Crippen LogP contribution >= 0.6 is 0 Å². The molecule has 1 aliphatic carbocycles. The van der Waals surface area contributed by atoms with E-state index in [1.807, 2.05) is 12.1 Å². The van der Waals surface area contributed by atoms with Crippen molar-refractivity contribution < 1.29 is 0 Å². The number of rotatable bonds is 5. The van der Waals surface area contributed by atoms with E-state index in [-0.39, 0.29) is 0 Å².